The number of fused-ring (bicyclic) bond motifs is 1. The van der Waals surface area contributed by atoms with Gasteiger partial charge in [-0.15, -0.1) is 0 Å². The molecule has 1 N–H and O–H groups in total. The summed E-state index contributed by atoms with van der Waals surface area (Å²) in [5.41, 5.74) is 3.10. The van der Waals surface area contributed by atoms with Gasteiger partial charge in [-0.3, -0.25) is 14.6 Å². The summed E-state index contributed by atoms with van der Waals surface area (Å²) >= 11 is 5.71. The first-order chi connectivity index (χ1) is 12.5. The number of carbonyl (C=O) groups excluding carboxylic acids is 1. The molecule has 0 saturated heterocycles. The van der Waals surface area contributed by atoms with Gasteiger partial charge in [-0.25, -0.2) is 9.67 Å². The van der Waals surface area contributed by atoms with Gasteiger partial charge < -0.3 is 4.90 Å². The van der Waals surface area contributed by atoms with Crippen LogP contribution >= 0.6 is 11.6 Å². The minimum atomic E-state index is -0.452. The molecule has 0 aliphatic carbocycles. The molecule has 1 aliphatic heterocycles. The number of hydrogen-bond acceptors (Lipinski definition) is 4. The molecule has 4 rings (SSSR count). The topological polar surface area (TPSA) is 83.9 Å². The number of amides is 1. The van der Waals surface area contributed by atoms with Crippen molar-refractivity contribution < 1.29 is 4.79 Å². The highest BCUT2D eigenvalue weighted by Crippen LogP contribution is 2.21. The Bertz CT molecular complexity index is 1060. The highest BCUT2D eigenvalue weighted by atomic mass is 35.5. The van der Waals surface area contributed by atoms with Crippen LogP contribution in [0.25, 0.3) is 5.95 Å². The normalized spacial score (nSPS) is 13.5. The summed E-state index contributed by atoms with van der Waals surface area (Å²) < 4.78 is 1.43. The van der Waals surface area contributed by atoms with E-state index in [1.807, 2.05) is 23.1 Å². The summed E-state index contributed by atoms with van der Waals surface area (Å²) in [5.74, 6) is 0.138. The highest BCUT2D eigenvalue weighted by Gasteiger charge is 2.25. The van der Waals surface area contributed by atoms with Crippen LogP contribution in [0.3, 0.4) is 0 Å². The van der Waals surface area contributed by atoms with E-state index < -0.39 is 5.56 Å². The molecule has 2 aromatic heterocycles. The molecule has 0 saturated carbocycles. The Labute approximate surface area is 154 Å². The van der Waals surface area contributed by atoms with E-state index in [1.54, 1.807) is 6.92 Å². The molecule has 0 atom stereocenters. The van der Waals surface area contributed by atoms with Crippen LogP contribution in [0.4, 0.5) is 0 Å². The summed E-state index contributed by atoms with van der Waals surface area (Å²) in [5, 5.41) is 4.21. The van der Waals surface area contributed by atoms with Crippen molar-refractivity contribution in [3.05, 3.63) is 74.4 Å². The number of benzene rings is 1. The number of halogens is 1. The summed E-state index contributed by atoms with van der Waals surface area (Å²) in [6.07, 6.45) is 3.61. The van der Waals surface area contributed by atoms with E-state index >= 15 is 0 Å². The summed E-state index contributed by atoms with van der Waals surface area (Å²) in [4.78, 5) is 33.1. The lowest BCUT2D eigenvalue weighted by Gasteiger charge is -2.28. The van der Waals surface area contributed by atoms with E-state index in [4.69, 9.17) is 11.6 Å². The molecule has 1 aliphatic rings. The molecule has 0 bridgehead atoms. The third kappa shape index (κ3) is 2.80. The molecular weight excluding hydrogens is 354 g/mol. The molecule has 1 amide bonds. The maximum atomic E-state index is 13.0. The zero-order valence-corrected chi connectivity index (χ0v) is 14.8. The van der Waals surface area contributed by atoms with Gasteiger partial charge in [-0.2, -0.15) is 5.10 Å². The van der Waals surface area contributed by atoms with Crippen molar-refractivity contribution in [1.82, 2.24) is 24.6 Å². The van der Waals surface area contributed by atoms with Crippen LogP contribution < -0.4 is 5.56 Å². The van der Waals surface area contributed by atoms with Crippen molar-refractivity contribution in [2.24, 2.45) is 0 Å². The Morgan fingerprint density at radius 2 is 2.00 bits per heavy atom. The molecule has 1 aromatic carbocycles. The molecule has 7 nitrogen and oxygen atoms in total. The molecule has 3 heterocycles. The SMILES string of the molecule is Cc1c(C(=O)N2CCc3ccccc3C2)cnn1-c1ncc(Cl)c(=O)[nH]1. The Morgan fingerprint density at radius 1 is 1.23 bits per heavy atom. The first kappa shape index (κ1) is 16.5. The zero-order valence-electron chi connectivity index (χ0n) is 14.1. The molecule has 0 fully saturated rings. The second-order valence-electron chi connectivity index (χ2n) is 6.18. The predicted molar refractivity (Wildman–Crippen MR) is 96.6 cm³/mol. The minimum Gasteiger partial charge on any atom is -0.334 e. The van der Waals surface area contributed by atoms with Gasteiger partial charge in [0.15, 0.2) is 0 Å². The lowest BCUT2D eigenvalue weighted by atomic mass is 9.99. The largest absolute Gasteiger partial charge is 0.334 e. The molecule has 0 spiro atoms. The fraction of sp³-hybridized carbons (Fsp3) is 0.222. The lowest BCUT2D eigenvalue weighted by molar-refractivity contribution is 0.0734. The quantitative estimate of drug-likeness (QED) is 0.749. The van der Waals surface area contributed by atoms with E-state index in [2.05, 4.69) is 21.1 Å². The van der Waals surface area contributed by atoms with Gasteiger partial charge in [-0.1, -0.05) is 35.9 Å². The monoisotopic (exact) mass is 369 g/mol. The zero-order chi connectivity index (χ0) is 18.3. The van der Waals surface area contributed by atoms with Crippen molar-refractivity contribution in [3.8, 4) is 5.95 Å². The standard InChI is InChI=1S/C18H16ClN5O2/c1-11-14(8-21-24(11)18-20-9-15(19)16(25)22-18)17(26)23-7-6-12-4-2-3-5-13(12)10-23/h2-5,8-9H,6-7,10H2,1H3,(H,20,22,25). The number of H-pyrrole nitrogens is 1. The number of rotatable bonds is 2. The molecule has 0 unspecified atom stereocenters. The average Bonchev–Trinajstić information content (AvgIpc) is 3.04. The number of aromatic nitrogens is 4. The second kappa shape index (κ2) is 6.42. The van der Waals surface area contributed by atoms with Crippen LogP contribution in [0.5, 0.6) is 0 Å². The van der Waals surface area contributed by atoms with Crippen LogP contribution in [0.2, 0.25) is 5.02 Å². The van der Waals surface area contributed by atoms with Gasteiger partial charge in [0, 0.05) is 13.1 Å². The lowest BCUT2D eigenvalue weighted by Crippen LogP contribution is -2.36. The van der Waals surface area contributed by atoms with E-state index in [9.17, 15) is 9.59 Å². The van der Waals surface area contributed by atoms with Crippen molar-refractivity contribution in [2.75, 3.05) is 6.54 Å². The van der Waals surface area contributed by atoms with Gasteiger partial charge in [0.25, 0.3) is 11.5 Å². The van der Waals surface area contributed by atoms with Crippen LogP contribution in [-0.4, -0.2) is 37.1 Å². The summed E-state index contributed by atoms with van der Waals surface area (Å²) in [6, 6.07) is 8.15. The van der Waals surface area contributed by atoms with E-state index in [-0.39, 0.29) is 16.9 Å². The number of aromatic amines is 1. The number of hydrogen-bond donors (Lipinski definition) is 1. The summed E-state index contributed by atoms with van der Waals surface area (Å²) in [7, 11) is 0. The third-order valence-electron chi connectivity index (χ3n) is 4.60. The van der Waals surface area contributed by atoms with Crippen LogP contribution in [-0.2, 0) is 13.0 Å². The Hall–Kier alpha value is -2.93. The smallest absolute Gasteiger partial charge is 0.271 e. The molecule has 0 radical (unpaired) electrons. The Morgan fingerprint density at radius 3 is 2.77 bits per heavy atom. The fourth-order valence-corrected chi connectivity index (χ4v) is 3.25. The minimum absolute atomic E-state index is 0.00170. The Balaban J connectivity index is 1.63. The molecule has 8 heteroatoms. The number of carbonyl (C=O) groups is 1. The predicted octanol–water partition coefficient (Wildman–Crippen LogP) is 2.12. The highest BCUT2D eigenvalue weighted by molar-refractivity contribution is 6.30. The average molecular weight is 370 g/mol. The molecule has 132 valence electrons. The van der Waals surface area contributed by atoms with Crippen LogP contribution in [0, 0.1) is 6.92 Å². The Kier molecular flexibility index (Phi) is 4.08. The van der Waals surface area contributed by atoms with Crippen molar-refractivity contribution in [3.63, 3.8) is 0 Å². The third-order valence-corrected chi connectivity index (χ3v) is 4.87. The molecular formula is C18H16ClN5O2. The van der Waals surface area contributed by atoms with E-state index in [0.29, 0.717) is 24.3 Å². The van der Waals surface area contributed by atoms with E-state index in [0.717, 1.165) is 6.42 Å². The maximum Gasteiger partial charge on any atom is 0.271 e. The van der Waals surface area contributed by atoms with E-state index in [1.165, 1.54) is 28.2 Å². The van der Waals surface area contributed by atoms with Gasteiger partial charge in [0.1, 0.15) is 5.02 Å². The fourth-order valence-electron chi connectivity index (χ4n) is 3.15. The van der Waals surface area contributed by atoms with Gasteiger partial charge in [0.2, 0.25) is 5.95 Å². The van der Waals surface area contributed by atoms with Crippen molar-refractivity contribution in [1.29, 1.82) is 0 Å². The van der Waals surface area contributed by atoms with Gasteiger partial charge in [-0.05, 0) is 24.5 Å². The number of nitrogens with zero attached hydrogens (tertiary/aromatic N) is 4. The van der Waals surface area contributed by atoms with Gasteiger partial charge in [0.05, 0.1) is 23.7 Å². The van der Waals surface area contributed by atoms with Crippen molar-refractivity contribution >= 4 is 17.5 Å². The first-order valence-electron chi connectivity index (χ1n) is 8.20. The van der Waals surface area contributed by atoms with Crippen molar-refractivity contribution in [2.45, 2.75) is 19.9 Å². The second-order valence-corrected chi connectivity index (χ2v) is 6.59. The van der Waals surface area contributed by atoms with Crippen LogP contribution in [0.1, 0.15) is 27.2 Å². The maximum absolute atomic E-state index is 13.0. The van der Waals surface area contributed by atoms with Gasteiger partial charge >= 0.3 is 0 Å². The number of nitrogens with one attached hydrogen (secondary N) is 1. The molecule has 26 heavy (non-hydrogen) atoms. The van der Waals surface area contributed by atoms with Crippen LogP contribution in [0.15, 0.2) is 41.5 Å². The molecule has 3 aromatic rings. The first-order valence-corrected chi connectivity index (χ1v) is 8.58. The summed E-state index contributed by atoms with van der Waals surface area (Å²) in [6.45, 7) is 3.01.